The number of anilines is 1. The van der Waals surface area contributed by atoms with Gasteiger partial charge in [-0.3, -0.25) is 10.6 Å². The predicted molar refractivity (Wildman–Crippen MR) is 121 cm³/mol. The third-order valence-electron chi connectivity index (χ3n) is 3.67. The lowest BCUT2D eigenvalue weighted by atomic mass is 10.2. The number of benzene rings is 1. The van der Waals surface area contributed by atoms with Gasteiger partial charge in [0.05, 0.1) is 44.7 Å². The van der Waals surface area contributed by atoms with Gasteiger partial charge in [0.2, 0.25) is 0 Å². The summed E-state index contributed by atoms with van der Waals surface area (Å²) in [5.74, 6) is 5.11. The minimum absolute atomic E-state index is 0.240. The maximum Gasteiger partial charge on any atom is 0.409 e. The average molecular weight is 449 g/mol. The monoisotopic (exact) mass is 448 g/mol. The number of nitriles is 1. The topological polar surface area (TPSA) is 125 Å². The Balaban J connectivity index is 1.84. The van der Waals surface area contributed by atoms with Gasteiger partial charge in [-0.05, 0) is 37.2 Å². The van der Waals surface area contributed by atoms with E-state index >= 15 is 0 Å². The van der Waals surface area contributed by atoms with Crippen LogP contribution in [0.4, 0.5) is 10.5 Å². The summed E-state index contributed by atoms with van der Waals surface area (Å²) < 4.78 is 16.2. The molecule has 0 unspecified atom stereocenters. The molecule has 0 radical (unpaired) electrons. The van der Waals surface area contributed by atoms with Crippen LogP contribution in [0, 0.1) is 23.2 Å². The van der Waals surface area contributed by atoms with Crippen molar-refractivity contribution < 1.29 is 24.1 Å². The molecule has 9 nitrogen and oxygen atoms in total. The first-order chi connectivity index (χ1) is 15.1. The van der Waals surface area contributed by atoms with Crippen molar-refractivity contribution in [2.45, 2.75) is 12.8 Å². The van der Waals surface area contributed by atoms with Crippen LogP contribution < -0.4 is 16.0 Å². The van der Waals surface area contributed by atoms with E-state index in [9.17, 15) is 4.79 Å². The van der Waals surface area contributed by atoms with Gasteiger partial charge in [-0.2, -0.15) is 5.26 Å². The number of thiocarbonyl (C=S) groups is 1. The lowest BCUT2D eigenvalue weighted by Gasteiger charge is -2.09. The van der Waals surface area contributed by atoms with Crippen molar-refractivity contribution >= 4 is 29.0 Å². The van der Waals surface area contributed by atoms with Gasteiger partial charge in [0.25, 0.3) is 0 Å². The second kappa shape index (κ2) is 18.1. The highest BCUT2D eigenvalue weighted by Gasteiger charge is 2.00. The highest BCUT2D eigenvalue weighted by molar-refractivity contribution is 7.80. The molecule has 168 valence electrons. The Bertz CT molecular complexity index is 756. The number of hydrogen-bond donors (Lipinski definition) is 4. The molecule has 0 aliphatic heterocycles. The second-order valence-corrected chi connectivity index (χ2v) is 6.58. The number of carboxylic acid groups (broad SMARTS) is 1. The van der Waals surface area contributed by atoms with Crippen molar-refractivity contribution in [1.29, 1.82) is 5.26 Å². The largest absolute Gasteiger partial charge is 0.465 e. The van der Waals surface area contributed by atoms with Gasteiger partial charge >= 0.3 is 6.09 Å². The first kappa shape index (κ1) is 26.3. The van der Waals surface area contributed by atoms with E-state index in [1.807, 2.05) is 24.3 Å². The van der Waals surface area contributed by atoms with Gasteiger partial charge in [-0.1, -0.05) is 18.1 Å². The predicted octanol–water partition coefficient (Wildman–Crippen LogP) is 1.95. The lowest BCUT2D eigenvalue weighted by molar-refractivity contribution is 0.0154. The van der Waals surface area contributed by atoms with Crippen LogP contribution in [0.15, 0.2) is 24.3 Å². The zero-order valence-corrected chi connectivity index (χ0v) is 18.1. The molecule has 10 heteroatoms. The minimum atomic E-state index is -1.16. The second-order valence-electron chi connectivity index (χ2n) is 6.09. The van der Waals surface area contributed by atoms with Crippen LogP contribution in [-0.2, 0) is 14.2 Å². The van der Waals surface area contributed by atoms with E-state index in [1.54, 1.807) is 6.07 Å². The van der Waals surface area contributed by atoms with E-state index in [2.05, 4.69) is 27.8 Å². The number of nitrogens with one attached hydrogen (secondary N) is 3. The van der Waals surface area contributed by atoms with Gasteiger partial charge in [-0.15, -0.1) is 0 Å². The molecule has 1 aromatic rings. The van der Waals surface area contributed by atoms with Crippen LogP contribution in [0.2, 0.25) is 0 Å². The Morgan fingerprint density at radius 1 is 1.03 bits per heavy atom. The van der Waals surface area contributed by atoms with E-state index in [0.717, 1.165) is 24.2 Å². The Morgan fingerprint density at radius 3 is 2.32 bits per heavy atom. The van der Waals surface area contributed by atoms with Gasteiger partial charge in [0, 0.05) is 30.2 Å². The van der Waals surface area contributed by atoms with Crippen molar-refractivity contribution in [3.8, 4) is 17.9 Å². The van der Waals surface area contributed by atoms with Crippen molar-refractivity contribution in [2.24, 2.45) is 0 Å². The zero-order valence-electron chi connectivity index (χ0n) is 17.3. The van der Waals surface area contributed by atoms with Gasteiger partial charge in [-0.25, -0.2) is 4.79 Å². The smallest absolute Gasteiger partial charge is 0.409 e. The molecule has 0 aromatic heterocycles. The fourth-order valence-corrected chi connectivity index (χ4v) is 2.38. The number of rotatable bonds is 16. The Kier molecular flexibility index (Phi) is 15.3. The van der Waals surface area contributed by atoms with Crippen molar-refractivity contribution in [1.82, 2.24) is 10.6 Å². The summed E-state index contributed by atoms with van der Waals surface area (Å²) in [5, 5.41) is 25.5. The van der Waals surface area contributed by atoms with E-state index < -0.39 is 6.09 Å². The molecule has 0 spiro atoms. The van der Waals surface area contributed by atoms with Crippen molar-refractivity contribution in [3.63, 3.8) is 0 Å². The Morgan fingerprint density at radius 2 is 1.68 bits per heavy atom. The van der Waals surface area contributed by atoms with E-state index in [1.165, 1.54) is 0 Å². The van der Waals surface area contributed by atoms with Gasteiger partial charge in [0.15, 0.2) is 6.07 Å². The molecule has 0 aliphatic carbocycles. The van der Waals surface area contributed by atoms with E-state index in [-0.39, 0.29) is 4.99 Å². The molecule has 0 heterocycles. The summed E-state index contributed by atoms with van der Waals surface area (Å²) in [5.41, 5.74) is 1.79. The molecule has 0 fully saturated rings. The standard InChI is InChI=1S/C21H28N4O5S/c22-9-1-3-18-4-6-19(7-5-18)24-17-23-10-2-11-28-13-15-30-16-14-29-12-8-20(31)25-21(26)27/h4-7,23-24H,2,8,10-17H2,(H,25,31)(H,26,27). The van der Waals surface area contributed by atoms with Crippen LogP contribution in [0.3, 0.4) is 0 Å². The molecule has 0 atom stereocenters. The first-order valence-corrected chi connectivity index (χ1v) is 10.2. The van der Waals surface area contributed by atoms with Gasteiger partial charge in [0.1, 0.15) is 0 Å². The summed E-state index contributed by atoms with van der Waals surface area (Å²) in [6, 6.07) is 9.36. The third-order valence-corrected chi connectivity index (χ3v) is 3.98. The number of ether oxygens (including phenoxy) is 3. The lowest BCUT2D eigenvalue weighted by Crippen LogP contribution is -2.28. The van der Waals surface area contributed by atoms with E-state index in [0.29, 0.717) is 52.7 Å². The maximum absolute atomic E-state index is 10.4. The molecule has 0 aliphatic rings. The molecule has 4 N–H and O–H groups in total. The fourth-order valence-electron chi connectivity index (χ4n) is 2.21. The molecule has 1 aromatic carbocycles. The van der Waals surface area contributed by atoms with Crippen LogP contribution >= 0.6 is 12.2 Å². The minimum Gasteiger partial charge on any atom is -0.465 e. The maximum atomic E-state index is 10.4. The summed E-state index contributed by atoms with van der Waals surface area (Å²) >= 11 is 4.82. The highest BCUT2D eigenvalue weighted by atomic mass is 32.1. The van der Waals surface area contributed by atoms with Crippen LogP contribution in [0.1, 0.15) is 18.4 Å². The molecule has 0 saturated heterocycles. The quantitative estimate of drug-likeness (QED) is 0.130. The summed E-state index contributed by atoms with van der Waals surface area (Å²) in [4.78, 5) is 10.6. The molecular weight excluding hydrogens is 420 g/mol. The molecule has 1 rings (SSSR count). The molecule has 0 saturated carbocycles. The molecule has 31 heavy (non-hydrogen) atoms. The SMILES string of the molecule is N#CC#Cc1ccc(NCNCCCOCCOCCOCCC(=S)NC(=O)O)cc1. The number of amides is 1. The molecule has 0 bridgehead atoms. The summed E-state index contributed by atoms with van der Waals surface area (Å²) in [6.07, 6.45) is 0.0868. The van der Waals surface area contributed by atoms with Crippen molar-refractivity contribution in [2.75, 3.05) is 58.2 Å². The Labute approximate surface area is 188 Å². The fraction of sp³-hybridized carbons (Fsp3) is 0.476. The molecule has 1 amide bonds. The number of nitrogens with zero attached hydrogens (tertiary/aromatic N) is 1. The zero-order chi connectivity index (χ0) is 22.6. The van der Waals surface area contributed by atoms with Crippen LogP contribution in [0.25, 0.3) is 0 Å². The number of hydrogen-bond acceptors (Lipinski definition) is 8. The molecular formula is C21H28N4O5S. The summed E-state index contributed by atoms with van der Waals surface area (Å²) in [6.45, 7) is 4.34. The van der Waals surface area contributed by atoms with E-state index in [4.69, 9.17) is 36.8 Å². The normalized spacial score (nSPS) is 9.90. The van der Waals surface area contributed by atoms with Crippen LogP contribution in [-0.4, -0.2) is 69.0 Å². The third kappa shape index (κ3) is 15.7. The van der Waals surface area contributed by atoms with Crippen molar-refractivity contribution in [3.05, 3.63) is 29.8 Å². The number of carbonyl (C=O) groups is 1. The average Bonchev–Trinajstić information content (AvgIpc) is 2.75. The highest BCUT2D eigenvalue weighted by Crippen LogP contribution is 2.07. The van der Waals surface area contributed by atoms with Gasteiger partial charge < -0.3 is 24.6 Å². The Hall–Kier alpha value is -2.73. The van der Waals surface area contributed by atoms with Crippen LogP contribution in [0.5, 0.6) is 0 Å². The summed E-state index contributed by atoms with van der Waals surface area (Å²) in [7, 11) is 0. The first-order valence-electron chi connectivity index (χ1n) is 9.82.